The molecule has 2 aromatic carbocycles. The predicted octanol–water partition coefficient (Wildman–Crippen LogP) is 4.79. The maximum atomic E-state index is 13.2. The molecule has 2 heterocycles. The molecular weight excluding hydrogens is 394 g/mol. The van der Waals surface area contributed by atoms with Crippen molar-refractivity contribution < 1.29 is 18.7 Å². The number of nitrogens with one attached hydrogen (secondary N) is 1. The van der Waals surface area contributed by atoms with Crippen molar-refractivity contribution in [3.8, 4) is 17.1 Å². The number of anilines is 1. The number of hydrogen-bond acceptors (Lipinski definition) is 5. The number of esters is 1. The second kappa shape index (κ2) is 8.31. The smallest absolute Gasteiger partial charge is 0.337 e. The molecule has 7 heteroatoms. The SMILES string of the molecule is COC(=O)c1ccc(C)c(NC(=O)c2cn(-c3ccccc3)nc2-c2ccc(C)o2)c1. The summed E-state index contributed by atoms with van der Waals surface area (Å²) >= 11 is 0. The lowest BCUT2D eigenvalue weighted by molar-refractivity contribution is 0.0600. The summed E-state index contributed by atoms with van der Waals surface area (Å²) in [5.74, 6) is 0.380. The zero-order chi connectivity index (χ0) is 22.0. The van der Waals surface area contributed by atoms with E-state index in [1.54, 1.807) is 35.1 Å². The maximum Gasteiger partial charge on any atom is 0.337 e. The number of ether oxygens (including phenoxy) is 1. The Kier molecular flexibility index (Phi) is 5.41. The first-order chi connectivity index (χ1) is 15.0. The number of para-hydroxylation sites is 1. The van der Waals surface area contributed by atoms with Crippen LogP contribution in [0.4, 0.5) is 5.69 Å². The fraction of sp³-hybridized carbons (Fsp3) is 0.125. The molecule has 0 aliphatic rings. The van der Waals surface area contributed by atoms with Gasteiger partial charge in [0.1, 0.15) is 11.5 Å². The number of nitrogens with zero attached hydrogens (tertiary/aromatic N) is 2. The van der Waals surface area contributed by atoms with Crippen molar-refractivity contribution in [3.63, 3.8) is 0 Å². The maximum absolute atomic E-state index is 13.2. The Balaban J connectivity index is 1.74. The quantitative estimate of drug-likeness (QED) is 0.474. The van der Waals surface area contributed by atoms with E-state index >= 15 is 0 Å². The standard InChI is InChI=1S/C24H21N3O4/c1-15-9-11-17(24(29)30-3)13-20(15)25-23(28)19-14-27(18-7-5-4-6-8-18)26-22(19)21-12-10-16(2)31-21/h4-14H,1-3H3,(H,25,28). The topological polar surface area (TPSA) is 86.4 Å². The molecule has 4 rings (SSSR count). The molecule has 0 aliphatic heterocycles. The second-order valence-electron chi connectivity index (χ2n) is 7.06. The number of benzene rings is 2. The zero-order valence-corrected chi connectivity index (χ0v) is 17.4. The number of methoxy groups -OCH3 is 1. The third-order valence-electron chi connectivity index (χ3n) is 4.86. The lowest BCUT2D eigenvalue weighted by atomic mass is 10.1. The summed E-state index contributed by atoms with van der Waals surface area (Å²) in [6.07, 6.45) is 1.66. The number of carbonyl (C=O) groups is 2. The molecule has 4 aromatic rings. The molecular formula is C24H21N3O4. The normalized spacial score (nSPS) is 10.7. The molecule has 7 nitrogen and oxygen atoms in total. The molecule has 31 heavy (non-hydrogen) atoms. The summed E-state index contributed by atoms with van der Waals surface area (Å²) in [5.41, 5.74) is 3.27. The van der Waals surface area contributed by atoms with E-state index in [1.807, 2.05) is 50.2 Å². The molecule has 0 atom stereocenters. The van der Waals surface area contributed by atoms with Crippen LogP contribution in [0.2, 0.25) is 0 Å². The summed E-state index contributed by atoms with van der Waals surface area (Å²) in [5, 5.41) is 7.48. The van der Waals surface area contributed by atoms with Crippen molar-refractivity contribution in [2.24, 2.45) is 0 Å². The second-order valence-corrected chi connectivity index (χ2v) is 7.06. The van der Waals surface area contributed by atoms with E-state index in [-0.39, 0.29) is 5.91 Å². The average molecular weight is 415 g/mol. The average Bonchev–Trinajstić information content (AvgIpc) is 3.42. The summed E-state index contributed by atoms with van der Waals surface area (Å²) in [4.78, 5) is 25.1. The summed E-state index contributed by atoms with van der Waals surface area (Å²) in [7, 11) is 1.32. The summed E-state index contributed by atoms with van der Waals surface area (Å²) in [6.45, 7) is 3.68. The van der Waals surface area contributed by atoms with E-state index in [2.05, 4.69) is 10.4 Å². The highest BCUT2D eigenvalue weighted by atomic mass is 16.5. The first-order valence-electron chi connectivity index (χ1n) is 9.68. The van der Waals surface area contributed by atoms with Gasteiger partial charge in [0.15, 0.2) is 5.76 Å². The van der Waals surface area contributed by atoms with Crippen molar-refractivity contribution in [2.75, 3.05) is 12.4 Å². The molecule has 1 amide bonds. The highest BCUT2D eigenvalue weighted by molar-refractivity contribution is 6.08. The molecule has 0 bridgehead atoms. The fourth-order valence-electron chi connectivity index (χ4n) is 3.19. The van der Waals surface area contributed by atoms with Crippen molar-refractivity contribution in [1.82, 2.24) is 9.78 Å². The minimum Gasteiger partial charge on any atom is -0.465 e. The van der Waals surface area contributed by atoms with Crippen molar-refractivity contribution in [2.45, 2.75) is 13.8 Å². The van der Waals surface area contributed by atoms with Crippen LogP contribution in [0.25, 0.3) is 17.1 Å². The van der Waals surface area contributed by atoms with Crippen LogP contribution < -0.4 is 5.32 Å². The van der Waals surface area contributed by atoms with Crippen LogP contribution in [0.1, 0.15) is 32.0 Å². The number of furan rings is 1. The molecule has 0 saturated heterocycles. The van der Waals surface area contributed by atoms with E-state index in [1.165, 1.54) is 7.11 Å². The van der Waals surface area contributed by atoms with Gasteiger partial charge in [0.2, 0.25) is 0 Å². The monoisotopic (exact) mass is 415 g/mol. The van der Waals surface area contributed by atoms with Gasteiger partial charge >= 0.3 is 5.97 Å². The van der Waals surface area contributed by atoms with Crippen LogP contribution in [0.15, 0.2) is 71.3 Å². The lowest BCUT2D eigenvalue weighted by Crippen LogP contribution is -2.14. The Morgan fingerprint density at radius 3 is 2.48 bits per heavy atom. The Bertz CT molecular complexity index is 1260. The number of hydrogen-bond donors (Lipinski definition) is 1. The van der Waals surface area contributed by atoms with Crippen LogP contribution in [-0.4, -0.2) is 28.8 Å². The molecule has 0 saturated carbocycles. The van der Waals surface area contributed by atoms with Crippen molar-refractivity contribution in [1.29, 1.82) is 0 Å². The van der Waals surface area contributed by atoms with Crippen molar-refractivity contribution in [3.05, 3.63) is 89.3 Å². The zero-order valence-electron chi connectivity index (χ0n) is 17.4. The first kappa shape index (κ1) is 20.2. The third-order valence-corrected chi connectivity index (χ3v) is 4.86. The van der Waals surface area contributed by atoms with Crippen LogP contribution >= 0.6 is 0 Å². The molecule has 1 N–H and O–H groups in total. The predicted molar refractivity (Wildman–Crippen MR) is 116 cm³/mol. The van der Waals surface area contributed by atoms with Gasteiger partial charge in [-0.2, -0.15) is 5.10 Å². The van der Waals surface area contributed by atoms with Crippen LogP contribution in [0.5, 0.6) is 0 Å². The molecule has 0 fully saturated rings. The molecule has 156 valence electrons. The minimum atomic E-state index is -0.473. The van der Waals surface area contributed by atoms with Gasteiger partial charge in [-0.15, -0.1) is 0 Å². The molecule has 0 aliphatic carbocycles. The number of carbonyl (C=O) groups excluding carboxylic acids is 2. The van der Waals surface area contributed by atoms with E-state index in [0.29, 0.717) is 28.3 Å². The van der Waals surface area contributed by atoms with Gasteiger partial charge in [-0.05, 0) is 55.8 Å². The highest BCUT2D eigenvalue weighted by Gasteiger charge is 2.22. The summed E-state index contributed by atoms with van der Waals surface area (Å²) < 4.78 is 12.1. The number of rotatable bonds is 5. The van der Waals surface area contributed by atoms with Gasteiger partial charge in [-0.1, -0.05) is 24.3 Å². The van der Waals surface area contributed by atoms with Crippen LogP contribution in [0.3, 0.4) is 0 Å². The third kappa shape index (κ3) is 4.11. The summed E-state index contributed by atoms with van der Waals surface area (Å²) in [6, 6.07) is 18.1. The van der Waals surface area contributed by atoms with Gasteiger partial charge in [0.25, 0.3) is 5.91 Å². The Morgan fingerprint density at radius 2 is 1.81 bits per heavy atom. The molecule has 2 aromatic heterocycles. The van der Waals surface area contributed by atoms with E-state index in [0.717, 1.165) is 17.0 Å². The Hall–Kier alpha value is -4.13. The first-order valence-corrected chi connectivity index (χ1v) is 9.68. The number of aromatic nitrogens is 2. The molecule has 0 spiro atoms. The van der Waals surface area contributed by atoms with Gasteiger partial charge in [0.05, 0.1) is 23.9 Å². The number of aryl methyl sites for hydroxylation is 2. The highest BCUT2D eigenvalue weighted by Crippen LogP contribution is 2.27. The number of amides is 1. The van der Waals surface area contributed by atoms with Gasteiger partial charge < -0.3 is 14.5 Å². The van der Waals surface area contributed by atoms with E-state index in [4.69, 9.17) is 9.15 Å². The Morgan fingerprint density at radius 1 is 1.03 bits per heavy atom. The fourth-order valence-corrected chi connectivity index (χ4v) is 3.19. The molecule has 0 unspecified atom stereocenters. The van der Waals surface area contributed by atoms with Gasteiger partial charge in [-0.25, -0.2) is 9.48 Å². The molecule has 0 radical (unpaired) electrons. The van der Waals surface area contributed by atoms with Crippen LogP contribution in [-0.2, 0) is 4.74 Å². The van der Waals surface area contributed by atoms with Crippen molar-refractivity contribution >= 4 is 17.6 Å². The Labute approximate surface area is 179 Å². The van der Waals surface area contributed by atoms with Crippen LogP contribution in [0, 0.1) is 13.8 Å². The largest absolute Gasteiger partial charge is 0.465 e. The van der Waals surface area contributed by atoms with E-state index < -0.39 is 5.97 Å². The van der Waals surface area contributed by atoms with Gasteiger partial charge in [0, 0.05) is 11.9 Å². The lowest BCUT2D eigenvalue weighted by Gasteiger charge is -2.10. The van der Waals surface area contributed by atoms with E-state index in [9.17, 15) is 9.59 Å². The van der Waals surface area contributed by atoms with Gasteiger partial charge in [-0.3, -0.25) is 4.79 Å². The minimum absolute atomic E-state index is 0.348.